The van der Waals surface area contributed by atoms with Crippen molar-refractivity contribution in [2.45, 2.75) is 30.8 Å². The van der Waals surface area contributed by atoms with Crippen molar-refractivity contribution in [2.24, 2.45) is 0 Å². The minimum Gasteiger partial charge on any atom is -0.497 e. The zero-order chi connectivity index (χ0) is 23.5. The summed E-state index contributed by atoms with van der Waals surface area (Å²) in [5.41, 5.74) is 3.81. The molecule has 0 aliphatic carbocycles. The minimum absolute atomic E-state index is 0.0520. The van der Waals surface area contributed by atoms with Gasteiger partial charge in [0.2, 0.25) is 0 Å². The van der Waals surface area contributed by atoms with E-state index in [2.05, 4.69) is 31.9 Å². The van der Waals surface area contributed by atoms with Crippen LogP contribution in [0.15, 0.2) is 76.0 Å². The fraction of sp³-hybridized carbons (Fsp3) is 0.200. The van der Waals surface area contributed by atoms with Crippen LogP contribution >= 0.6 is 23.1 Å². The third-order valence-electron chi connectivity index (χ3n) is 5.51. The van der Waals surface area contributed by atoms with E-state index in [-0.39, 0.29) is 5.56 Å². The average molecular weight is 490 g/mol. The SMILES string of the molecule is COc1ccc(-c2nnc(SCc3cc(=O)n4c(C)csc4n3)n2CCc2ccccc2)cc1. The molecule has 2 aromatic carbocycles. The Labute approximate surface area is 205 Å². The van der Waals surface area contributed by atoms with Crippen LogP contribution in [-0.4, -0.2) is 31.3 Å². The molecule has 0 N–H and O–H groups in total. The van der Waals surface area contributed by atoms with Crippen molar-refractivity contribution in [3.63, 3.8) is 0 Å². The number of nitrogens with zero attached hydrogens (tertiary/aromatic N) is 5. The lowest BCUT2D eigenvalue weighted by Crippen LogP contribution is -2.14. The van der Waals surface area contributed by atoms with Crippen LogP contribution in [0.4, 0.5) is 0 Å². The molecule has 3 heterocycles. The Morgan fingerprint density at radius 1 is 1.06 bits per heavy atom. The van der Waals surface area contributed by atoms with Crippen LogP contribution in [0, 0.1) is 6.92 Å². The van der Waals surface area contributed by atoms with Gasteiger partial charge < -0.3 is 9.30 Å². The van der Waals surface area contributed by atoms with E-state index in [4.69, 9.17) is 4.74 Å². The van der Waals surface area contributed by atoms with E-state index in [1.807, 2.05) is 54.8 Å². The van der Waals surface area contributed by atoms with Gasteiger partial charge in [-0.3, -0.25) is 9.20 Å². The molecule has 0 aliphatic rings. The second-order valence-corrected chi connectivity index (χ2v) is 9.57. The van der Waals surface area contributed by atoms with E-state index < -0.39 is 0 Å². The van der Waals surface area contributed by atoms with Crippen LogP contribution in [0.25, 0.3) is 16.3 Å². The normalized spacial score (nSPS) is 11.2. The highest BCUT2D eigenvalue weighted by Crippen LogP contribution is 2.28. The van der Waals surface area contributed by atoms with Crippen molar-refractivity contribution in [3.8, 4) is 17.1 Å². The molecule has 0 fully saturated rings. The Kier molecular flexibility index (Phi) is 6.46. The number of rotatable bonds is 8. The molecule has 0 atom stereocenters. The molecule has 0 amide bonds. The zero-order valence-electron chi connectivity index (χ0n) is 18.8. The van der Waals surface area contributed by atoms with Crippen LogP contribution in [0.3, 0.4) is 0 Å². The van der Waals surface area contributed by atoms with Gasteiger partial charge in [-0.15, -0.1) is 21.5 Å². The Hall–Kier alpha value is -3.43. The standard InChI is InChI=1S/C25H23N5O2S2/c1-17-15-33-24-26-20(14-22(31)30(17)24)16-34-25-28-27-23(19-8-10-21(32-2)11-9-19)29(25)13-12-18-6-4-3-5-7-18/h3-11,14-15H,12-13,16H2,1-2H3. The Morgan fingerprint density at radius 2 is 1.85 bits per heavy atom. The maximum atomic E-state index is 12.5. The summed E-state index contributed by atoms with van der Waals surface area (Å²) in [7, 11) is 1.65. The number of aryl methyl sites for hydroxylation is 2. The molecule has 9 heteroatoms. The number of benzene rings is 2. The molecule has 0 aliphatic heterocycles. The smallest absolute Gasteiger partial charge is 0.258 e. The van der Waals surface area contributed by atoms with Gasteiger partial charge in [-0.1, -0.05) is 42.1 Å². The highest BCUT2D eigenvalue weighted by Gasteiger charge is 2.16. The molecule has 34 heavy (non-hydrogen) atoms. The molecule has 0 bridgehead atoms. The first-order valence-corrected chi connectivity index (χ1v) is 12.7. The van der Waals surface area contributed by atoms with Crippen molar-refractivity contribution < 1.29 is 4.74 Å². The molecular formula is C25H23N5O2S2. The molecule has 0 saturated heterocycles. The van der Waals surface area contributed by atoms with E-state index in [1.54, 1.807) is 29.3 Å². The predicted octanol–water partition coefficient (Wildman–Crippen LogP) is 4.87. The second kappa shape index (κ2) is 9.82. The second-order valence-electron chi connectivity index (χ2n) is 7.79. The van der Waals surface area contributed by atoms with Gasteiger partial charge in [-0.25, -0.2) is 4.98 Å². The quantitative estimate of drug-likeness (QED) is 0.290. The molecule has 7 nitrogen and oxygen atoms in total. The fourth-order valence-electron chi connectivity index (χ4n) is 3.75. The van der Waals surface area contributed by atoms with Gasteiger partial charge >= 0.3 is 0 Å². The highest BCUT2D eigenvalue weighted by molar-refractivity contribution is 7.98. The zero-order valence-corrected chi connectivity index (χ0v) is 20.5. The van der Waals surface area contributed by atoms with Crippen molar-refractivity contribution in [3.05, 3.63) is 93.3 Å². The lowest BCUT2D eigenvalue weighted by molar-refractivity contribution is 0.415. The molecule has 5 aromatic rings. The van der Waals surface area contributed by atoms with E-state index in [0.717, 1.165) is 46.6 Å². The van der Waals surface area contributed by atoms with Gasteiger partial charge in [0.15, 0.2) is 15.9 Å². The summed E-state index contributed by atoms with van der Waals surface area (Å²) in [5, 5.41) is 11.7. The number of methoxy groups -OCH3 is 1. The monoisotopic (exact) mass is 489 g/mol. The molecule has 172 valence electrons. The molecule has 5 rings (SSSR count). The predicted molar refractivity (Wildman–Crippen MR) is 136 cm³/mol. The van der Waals surface area contributed by atoms with Gasteiger partial charge in [0, 0.05) is 35.0 Å². The number of thioether (sulfide) groups is 1. The van der Waals surface area contributed by atoms with Crippen molar-refractivity contribution >= 4 is 28.1 Å². The van der Waals surface area contributed by atoms with Gasteiger partial charge in [-0.2, -0.15) is 0 Å². The van der Waals surface area contributed by atoms with Crippen molar-refractivity contribution in [1.82, 2.24) is 24.1 Å². The summed E-state index contributed by atoms with van der Waals surface area (Å²) >= 11 is 3.02. The molecule has 0 unspecified atom stereocenters. The van der Waals surface area contributed by atoms with E-state index in [1.165, 1.54) is 16.9 Å². The first-order valence-electron chi connectivity index (χ1n) is 10.8. The number of fused-ring (bicyclic) bond motifs is 1. The first kappa shape index (κ1) is 22.4. The van der Waals surface area contributed by atoms with Crippen molar-refractivity contribution in [1.29, 1.82) is 0 Å². The summed E-state index contributed by atoms with van der Waals surface area (Å²) in [6.07, 6.45) is 0.857. The van der Waals surface area contributed by atoms with E-state index in [9.17, 15) is 4.79 Å². The van der Waals surface area contributed by atoms with Gasteiger partial charge in [-0.05, 0) is 43.2 Å². The van der Waals surface area contributed by atoms with Crippen LogP contribution in [0.5, 0.6) is 5.75 Å². The largest absolute Gasteiger partial charge is 0.497 e. The number of hydrogen-bond acceptors (Lipinski definition) is 7. The van der Waals surface area contributed by atoms with Gasteiger partial charge in [0.1, 0.15) is 5.75 Å². The lowest BCUT2D eigenvalue weighted by atomic mass is 10.1. The third-order valence-corrected chi connectivity index (χ3v) is 7.45. The van der Waals surface area contributed by atoms with Crippen molar-refractivity contribution in [2.75, 3.05) is 7.11 Å². The number of hydrogen-bond donors (Lipinski definition) is 0. The lowest BCUT2D eigenvalue weighted by Gasteiger charge is -2.11. The summed E-state index contributed by atoms with van der Waals surface area (Å²) in [6.45, 7) is 2.65. The van der Waals surface area contributed by atoms with Gasteiger partial charge in [0.25, 0.3) is 5.56 Å². The molecule has 0 spiro atoms. The molecule has 3 aromatic heterocycles. The fourth-order valence-corrected chi connectivity index (χ4v) is 5.50. The maximum absolute atomic E-state index is 12.5. The maximum Gasteiger partial charge on any atom is 0.258 e. The molecular weight excluding hydrogens is 466 g/mol. The Balaban J connectivity index is 1.43. The van der Waals surface area contributed by atoms with Crippen LogP contribution < -0.4 is 10.3 Å². The Bertz CT molecular complexity index is 1470. The minimum atomic E-state index is -0.0520. The number of ether oxygens (including phenoxy) is 1. The summed E-state index contributed by atoms with van der Waals surface area (Å²) in [4.78, 5) is 17.9. The van der Waals surface area contributed by atoms with E-state index >= 15 is 0 Å². The van der Waals surface area contributed by atoms with Crippen LogP contribution in [-0.2, 0) is 18.7 Å². The Morgan fingerprint density at radius 3 is 2.62 bits per heavy atom. The first-order chi connectivity index (χ1) is 16.6. The number of thiazole rings is 1. The van der Waals surface area contributed by atoms with Gasteiger partial charge in [0.05, 0.1) is 12.8 Å². The van der Waals surface area contributed by atoms with E-state index in [0.29, 0.717) is 10.7 Å². The average Bonchev–Trinajstić information content (AvgIpc) is 3.45. The summed E-state index contributed by atoms with van der Waals surface area (Å²) in [6, 6.07) is 19.8. The van der Waals surface area contributed by atoms with Crippen LogP contribution in [0.1, 0.15) is 17.0 Å². The number of aromatic nitrogens is 5. The summed E-state index contributed by atoms with van der Waals surface area (Å²) < 4.78 is 9.08. The van der Waals surface area contributed by atoms with Crippen LogP contribution in [0.2, 0.25) is 0 Å². The molecule has 0 radical (unpaired) electrons. The highest BCUT2D eigenvalue weighted by atomic mass is 32.2. The molecule has 0 saturated carbocycles. The topological polar surface area (TPSA) is 74.3 Å². The summed E-state index contributed by atoms with van der Waals surface area (Å²) in [5.74, 6) is 2.14. The third kappa shape index (κ3) is 4.62.